The second-order valence-electron chi connectivity index (χ2n) is 7.16. The summed E-state index contributed by atoms with van der Waals surface area (Å²) in [6.07, 6.45) is 4.81. The summed E-state index contributed by atoms with van der Waals surface area (Å²) in [5.74, 6) is -0.0881. The Labute approximate surface area is 178 Å². The summed E-state index contributed by atoms with van der Waals surface area (Å²) in [4.78, 5) is 25.8. The van der Waals surface area contributed by atoms with Crippen LogP contribution in [0.4, 0.5) is 0 Å². The van der Waals surface area contributed by atoms with Gasteiger partial charge in [0.2, 0.25) is 0 Å². The van der Waals surface area contributed by atoms with Crippen molar-refractivity contribution in [3.05, 3.63) is 85.9 Å². The van der Waals surface area contributed by atoms with Gasteiger partial charge in [0.05, 0.1) is 4.34 Å². The van der Waals surface area contributed by atoms with E-state index in [1.807, 2.05) is 12.1 Å². The molecule has 1 saturated carbocycles. The molecule has 1 fully saturated rings. The average molecular weight is 428 g/mol. The van der Waals surface area contributed by atoms with Gasteiger partial charge in [0.25, 0.3) is 11.5 Å². The number of hydrogen-bond acceptors (Lipinski definition) is 4. The van der Waals surface area contributed by atoms with E-state index in [0.29, 0.717) is 5.56 Å². The van der Waals surface area contributed by atoms with E-state index in [1.165, 1.54) is 10.9 Å². The fourth-order valence-corrected chi connectivity index (χ4v) is 4.76. The zero-order chi connectivity index (χ0) is 20.2. The topological polar surface area (TPSA) is 63.1 Å². The lowest BCUT2D eigenvalue weighted by Gasteiger charge is -2.22. The summed E-state index contributed by atoms with van der Waals surface area (Å²) < 4.78 is 2.34. The van der Waals surface area contributed by atoms with Gasteiger partial charge in [0.1, 0.15) is 0 Å². The number of benzene rings is 1. The van der Waals surface area contributed by atoms with Crippen LogP contribution in [-0.4, -0.2) is 22.6 Å². The van der Waals surface area contributed by atoms with E-state index in [1.54, 1.807) is 58.5 Å². The van der Waals surface area contributed by atoms with Crippen molar-refractivity contribution < 1.29 is 4.79 Å². The van der Waals surface area contributed by atoms with Gasteiger partial charge in [-0.25, -0.2) is 0 Å². The minimum atomic E-state index is -0.100. The summed E-state index contributed by atoms with van der Waals surface area (Å²) in [7, 11) is 0. The Bertz CT molecular complexity index is 1040. The van der Waals surface area contributed by atoms with Crippen molar-refractivity contribution in [3.63, 3.8) is 0 Å². The summed E-state index contributed by atoms with van der Waals surface area (Å²) in [5.41, 5.74) is 1.23. The van der Waals surface area contributed by atoms with Crippen LogP contribution in [0.3, 0.4) is 0 Å². The number of pyridine rings is 1. The summed E-state index contributed by atoms with van der Waals surface area (Å²) in [6.45, 7) is 0.759. The molecule has 7 heteroatoms. The third kappa shape index (κ3) is 4.78. The lowest BCUT2D eigenvalue weighted by molar-refractivity contribution is 0.0931. The van der Waals surface area contributed by atoms with Gasteiger partial charge < -0.3 is 10.6 Å². The number of nitrogens with one attached hydrogen (secondary N) is 2. The number of aromatic nitrogens is 1. The Hall–Kier alpha value is -2.41. The number of carbonyl (C=O) groups is 1. The van der Waals surface area contributed by atoms with Crippen LogP contribution >= 0.6 is 22.9 Å². The quantitative estimate of drug-likeness (QED) is 0.625. The number of carbonyl (C=O) groups excluding carboxylic acids is 1. The molecule has 2 aromatic heterocycles. The molecule has 0 bridgehead atoms. The van der Waals surface area contributed by atoms with Crippen LogP contribution in [-0.2, 0) is 6.54 Å². The lowest BCUT2D eigenvalue weighted by Crippen LogP contribution is -2.46. The van der Waals surface area contributed by atoms with Crippen LogP contribution in [0, 0.1) is 0 Å². The van der Waals surface area contributed by atoms with Gasteiger partial charge in [-0.2, -0.15) is 0 Å². The van der Waals surface area contributed by atoms with Crippen molar-refractivity contribution in [2.45, 2.75) is 37.9 Å². The second kappa shape index (κ2) is 8.95. The smallest absolute Gasteiger partial charge is 0.255 e. The SMILES string of the molecule is O=C(N[C@H]1CCC[C@H]1NCc1ccc(Cl)s1)c1ccc(-n2ccccc2=O)cc1. The van der Waals surface area contributed by atoms with Crippen molar-refractivity contribution in [2.75, 3.05) is 0 Å². The fourth-order valence-electron chi connectivity index (χ4n) is 3.72. The maximum Gasteiger partial charge on any atom is 0.255 e. The molecule has 4 rings (SSSR count). The molecule has 1 aliphatic rings. The highest BCUT2D eigenvalue weighted by Gasteiger charge is 2.28. The van der Waals surface area contributed by atoms with Gasteiger partial charge in [-0.15, -0.1) is 11.3 Å². The predicted octanol–water partition coefficient (Wildman–Crippen LogP) is 3.99. The van der Waals surface area contributed by atoms with Crippen LogP contribution in [0.15, 0.2) is 65.6 Å². The molecule has 5 nitrogen and oxygen atoms in total. The summed E-state index contributed by atoms with van der Waals surface area (Å²) >= 11 is 7.57. The number of amides is 1. The molecule has 2 heterocycles. The van der Waals surface area contributed by atoms with Gasteiger partial charge in [-0.3, -0.25) is 14.2 Å². The number of hydrogen-bond donors (Lipinski definition) is 2. The average Bonchev–Trinajstić information content (AvgIpc) is 3.35. The third-order valence-electron chi connectivity index (χ3n) is 5.23. The number of rotatable bonds is 6. The summed E-state index contributed by atoms with van der Waals surface area (Å²) in [6, 6.07) is 16.4. The first-order valence-electron chi connectivity index (χ1n) is 9.67. The third-order valence-corrected chi connectivity index (χ3v) is 6.46. The Morgan fingerprint density at radius 1 is 1.07 bits per heavy atom. The van der Waals surface area contributed by atoms with Crippen molar-refractivity contribution in [1.29, 1.82) is 0 Å². The van der Waals surface area contributed by atoms with Crippen LogP contribution in [0.5, 0.6) is 0 Å². The van der Waals surface area contributed by atoms with Crippen LogP contribution < -0.4 is 16.2 Å². The number of nitrogens with zero attached hydrogens (tertiary/aromatic N) is 1. The highest BCUT2D eigenvalue weighted by Crippen LogP contribution is 2.24. The molecule has 0 saturated heterocycles. The highest BCUT2D eigenvalue weighted by atomic mass is 35.5. The van der Waals surface area contributed by atoms with Crippen molar-refractivity contribution in [3.8, 4) is 5.69 Å². The maximum atomic E-state index is 12.7. The summed E-state index contributed by atoms with van der Waals surface area (Å²) in [5, 5.41) is 6.72. The van der Waals surface area contributed by atoms with E-state index in [2.05, 4.69) is 10.6 Å². The van der Waals surface area contributed by atoms with Gasteiger partial charge in [0, 0.05) is 47.0 Å². The molecule has 1 aliphatic carbocycles. The highest BCUT2D eigenvalue weighted by molar-refractivity contribution is 7.16. The Balaban J connectivity index is 1.38. The Kier molecular flexibility index (Phi) is 6.13. The second-order valence-corrected chi connectivity index (χ2v) is 8.96. The van der Waals surface area contributed by atoms with E-state index in [-0.39, 0.29) is 23.6 Å². The van der Waals surface area contributed by atoms with Crippen molar-refractivity contribution in [1.82, 2.24) is 15.2 Å². The molecular formula is C22H22ClN3O2S. The van der Waals surface area contributed by atoms with Crippen molar-refractivity contribution >= 4 is 28.8 Å². The normalized spacial score (nSPS) is 18.7. The van der Waals surface area contributed by atoms with Gasteiger partial charge >= 0.3 is 0 Å². The molecule has 0 aliphatic heterocycles. The molecule has 0 radical (unpaired) electrons. The van der Waals surface area contributed by atoms with Crippen molar-refractivity contribution in [2.24, 2.45) is 0 Å². The molecule has 1 amide bonds. The number of halogens is 1. The maximum absolute atomic E-state index is 12.7. The predicted molar refractivity (Wildman–Crippen MR) is 117 cm³/mol. The van der Waals surface area contributed by atoms with Crippen LogP contribution in [0.1, 0.15) is 34.5 Å². The molecular weight excluding hydrogens is 406 g/mol. The van der Waals surface area contributed by atoms with Crippen LogP contribution in [0.2, 0.25) is 4.34 Å². The van der Waals surface area contributed by atoms with E-state index in [9.17, 15) is 9.59 Å². The zero-order valence-electron chi connectivity index (χ0n) is 15.8. The molecule has 150 valence electrons. The van der Waals surface area contributed by atoms with Gasteiger partial charge in [0.15, 0.2) is 0 Å². The van der Waals surface area contributed by atoms with E-state index < -0.39 is 0 Å². The van der Waals surface area contributed by atoms with Crippen LogP contribution in [0.25, 0.3) is 5.69 Å². The first-order valence-corrected chi connectivity index (χ1v) is 10.9. The molecule has 0 spiro atoms. The molecule has 2 atom stereocenters. The Morgan fingerprint density at radius 3 is 2.59 bits per heavy atom. The zero-order valence-corrected chi connectivity index (χ0v) is 17.4. The lowest BCUT2D eigenvalue weighted by atomic mass is 10.1. The van der Waals surface area contributed by atoms with E-state index in [0.717, 1.165) is 35.8 Å². The monoisotopic (exact) mass is 427 g/mol. The first-order chi connectivity index (χ1) is 14.1. The largest absolute Gasteiger partial charge is 0.348 e. The first kappa shape index (κ1) is 19.9. The Morgan fingerprint density at radius 2 is 1.86 bits per heavy atom. The fraction of sp³-hybridized carbons (Fsp3) is 0.273. The molecule has 2 N–H and O–H groups in total. The van der Waals surface area contributed by atoms with E-state index >= 15 is 0 Å². The van der Waals surface area contributed by atoms with E-state index in [4.69, 9.17) is 11.6 Å². The molecule has 1 aromatic carbocycles. The minimum Gasteiger partial charge on any atom is -0.348 e. The van der Waals surface area contributed by atoms with Gasteiger partial charge in [-0.05, 0) is 61.7 Å². The minimum absolute atomic E-state index is 0.0881. The van der Waals surface area contributed by atoms with Gasteiger partial charge in [-0.1, -0.05) is 17.7 Å². The number of thiophene rings is 1. The molecule has 3 aromatic rings. The molecule has 0 unspecified atom stereocenters. The standard InChI is InChI=1S/C22H22ClN3O2S/c23-20-12-11-17(29-20)14-24-18-4-3-5-19(18)25-22(28)15-7-9-16(10-8-15)26-13-2-1-6-21(26)27/h1-2,6-13,18-19,24H,3-5,14H2,(H,25,28)/t18-,19+/m1/s1. The molecule has 29 heavy (non-hydrogen) atoms.